The molecule has 2 rings (SSSR count). The Balaban J connectivity index is 2.22. The van der Waals surface area contributed by atoms with Crippen LogP contribution in [0.1, 0.15) is 22.8 Å². The van der Waals surface area contributed by atoms with Crippen LogP contribution in [0.15, 0.2) is 40.9 Å². The fourth-order valence-electron chi connectivity index (χ4n) is 1.85. The third kappa shape index (κ3) is 3.56. The van der Waals surface area contributed by atoms with Crippen LogP contribution < -0.4 is 0 Å². The Hall–Kier alpha value is -0.900. The molecule has 0 aliphatic rings. The zero-order valence-corrected chi connectivity index (χ0v) is 12.7. The lowest BCUT2D eigenvalue weighted by atomic mass is 10.0. The summed E-state index contributed by atoms with van der Waals surface area (Å²) in [5, 5.41) is 10.5. The molecule has 0 aliphatic carbocycles. The molecule has 0 spiro atoms. The van der Waals surface area contributed by atoms with E-state index in [-0.39, 0.29) is 5.56 Å². The lowest BCUT2D eigenvalue weighted by Crippen LogP contribution is -2.04. The second-order valence-corrected chi connectivity index (χ2v) is 5.75. The number of aliphatic hydroxyl groups is 1. The molecule has 4 heteroatoms. The summed E-state index contributed by atoms with van der Waals surface area (Å²) in [6, 6.07) is 10.5. The predicted molar refractivity (Wildman–Crippen MR) is 79.0 cm³/mol. The van der Waals surface area contributed by atoms with Gasteiger partial charge in [0.05, 0.1) is 11.1 Å². The van der Waals surface area contributed by atoms with E-state index in [2.05, 4.69) is 15.9 Å². The Labute approximate surface area is 125 Å². The molecule has 1 N–H and O–H groups in total. The Morgan fingerprint density at radius 1 is 1.26 bits per heavy atom. The van der Waals surface area contributed by atoms with Crippen molar-refractivity contribution in [1.29, 1.82) is 0 Å². The second-order valence-electron chi connectivity index (χ2n) is 4.49. The van der Waals surface area contributed by atoms with Crippen molar-refractivity contribution in [3.05, 3.63) is 68.4 Å². The Morgan fingerprint density at radius 2 is 1.89 bits per heavy atom. The molecule has 100 valence electrons. The number of rotatable bonds is 3. The summed E-state index contributed by atoms with van der Waals surface area (Å²) in [6.07, 6.45) is -0.553. The molecule has 0 radical (unpaired) electrons. The largest absolute Gasteiger partial charge is 0.388 e. The summed E-state index contributed by atoms with van der Waals surface area (Å²) in [5.74, 6) is -0.462. The summed E-state index contributed by atoms with van der Waals surface area (Å²) in [7, 11) is 0. The van der Waals surface area contributed by atoms with Crippen molar-refractivity contribution in [2.75, 3.05) is 0 Å². The molecule has 0 bridgehead atoms. The maximum atomic E-state index is 13.8. The normalized spacial score (nSPS) is 12.5. The molecule has 0 amide bonds. The van der Waals surface area contributed by atoms with E-state index in [1.807, 2.05) is 31.2 Å². The molecular formula is C15H13BrClFO. The molecule has 0 heterocycles. The van der Waals surface area contributed by atoms with Crippen LogP contribution in [0.3, 0.4) is 0 Å². The first-order chi connectivity index (χ1) is 8.97. The monoisotopic (exact) mass is 342 g/mol. The molecule has 1 atom stereocenters. The highest BCUT2D eigenvalue weighted by molar-refractivity contribution is 9.10. The quantitative estimate of drug-likeness (QED) is 0.792. The molecule has 0 saturated heterocycles. The number of hydrogen-bond acceptors (Lipinski definition) is 1. The van der Waals surface area contributed by atoms with E-state index in [1.165, 1.54) is 12.1 Å². The summed E-state index contributed by atoms with van der Waals surface area (Å²) in [5.41, 5.74) is 2.32. The molecule has 19 heavy (non-hydrogen) atoms. The summed E-state index contributed by atoms with van der Waals surface area (Å²) >= 11 is 9.08. The van der Waals surface area contributed by atoms with E-state index in [0.29, 0.717) is 15.9 Å². The molecule has 0 aromatic heterocycles. The Morgan fingerprint density at radius 3 is 2.53 bits per heavy atom. The van der Waals surface area contributed by atoms with Crippen molar-refractivity contribution in [3.63, 3.8) is 0 Å². The maximum Gasteiger partial charge on any atom is 0.130 e. The first-order valence-electron chi connectivity index (χ1n) is 5.85. The zero-order valence-electron chi connectivity index (χ0n) is 10.3. The van der Waals surface area contributed by atoms with Gasteiger partial charge in [0.15, 0.2) is 0 Å². The minimum Gasteiger partial charge on any atom is -0.388 e. The average molecular weight is 344 g/mol. The second kappa shape index (κ2) is 6.04. The fourth-order valence-corrected chi connectivity index (χ4v) is 2.34. The highest BCUT2D eigenvalue weighted by Crippen LogP contribution is 2.30. The first-order valence-corrected chi connectivity index (χ1v) is 7.02. The molecule has 0 saturated carbocycles. The summed E-state index contributed by atoms with van der Waals surface area (Å²) in [6.45, 7) is 1.99. The topological polar surface area (TPSA) is 20.2 Å². The highest BCUT2D eigenvalue weighted by Gasteiger charge is 2.15. The van der Waals surface area contributed by atoms with E-state index >= 15 is 0 Å². The molecule has 0 aliphatic heterocycles. The van der Waals surface area contributed by atoms with Crippen LogP contribution in [0.5, 0.6) is 0 Å². The van der Waals surface area contributed by atoms with Gasteiger partial charge >= 0.3 is 0 Å². The number of benzene rings is 2. The van der Waals surface area contributed by atoms with E-state index in [0.717, 1.165) is 11.1 Å². The van der Waals surface area contributed by atoms with Gasteiger partial charge in [-0.2, -0.15) is 0 Å². The van der Waals surface area contributed by atoms with Crippen LogP contribution in [-0.4, -0.2) is 5.11 Å². The smallest absolute Gasteiger partial charge is 0.130 e. The van der Waals surface area contributed by atoms with E-state index in [9.17, 15) is 9.50 Å². The van der Waals surface area contributed by atoms with E-state index in [4.69, 9.17) is 11.6 Å². The molecule has 1 nitrogen and oxygen atoms in total. The van der Waals surface area contributed by atoms with Gasteiger partial charge < -0.3 is 5.11 Å². The van der Waals surface area contributed by atoms with E-state index < -0.39 is 11.9 Å². The van der Waals surface area contributed by atoms with Crippen LogP contribution in [0.2, 0.25) is 5.02 Å². The average Bonchev–Trinajstić information content (AvgIpc) is 2.36. The van der Waals surface area contributed by atoms with Crippen LogP contribution in [0.4, 0.5) is 4.39 Å². The molecule has 2 aromatic rings. The zero-order chi connectivity index (χ0) is 14.0. The maximum absolute atomic E-state index is 13.8. The van der Waals surface area contributed by atoms with Crippen molar-refractivity contribution in [2.45, 2.75) is 19.4 Å². The van der Waals surface area contributed by atoms with Gasteiger partial charge in [-0.25, -0.2) is 4.39 Å². The molecular weight excluding hydrogens is 331 g/mol. The lowest BCUT2D eigenvalue weighted by Gasteiger charge is -2.13. The molecule has 1 unspecified atom stereocenters. The van der Waals surface area contributed by atoms with Crippen LogP contribution in [-0.2, 0) is 6.42 Å². The Bertz CT molecular complexity index is 583. The number of aliphatic hydroxyl groups excluding tert-OH is 1. The van der Waals surface area contributed by atoms with Crippen molar-refractivity contribution >= 4 is 27.5 Å². The third-order valence-electron chi connectivity index (χ3n) is 2.95. The summed E-state index contributed by atoms with van der Waals surface area (Å²) < 4.78 is 14.3. The highest BCUT2D eigenvalue weighted by atomic mass is 79.9. The van der Waals surface area contributed by atoms with Gasteiger partial charge in [-0.15, -0.1) is 0 Å². The van der Waals surface area contributed by atoms with Gasteiger partial charge in [-0.3, -0.25) is 0 Å². The van der Waals surface area contributed by atoms with Gasteiger partial charge in [-0.05, 0) is 40.5 Å². The van der Waals surface area contributed by atoms with Gasteiger partial charge in [0.1, 0.15) is 5.82 Å². The third-order valence-corrected chi connectivity index (χ3v) is 4.15. The van der Waals surface area contributed by atoms with Crippen molar-refractivity contribution in [1.82, 2.24) is 0 Å². The minimum atomic E-state index is -0.909. The lowest BCUT2D eigenvalue weighted by molar-refractivity contribution is 0.173. The fraction of sp³-hybridized carbons (Fsp3) is 0.200. The van der Waals surface area contributed by atoms with Gasteiger partial charge in [0.25, 0.3) is 0 Å². The van der Waals surface area contributed by atoms with Crippen LogP contribution in [0, 0.1) is 12.7 Å². The SMILES string of the molecule is Cc1ccc(CC(O)c2cc(Cl)c(Br)cc2F)cc1. The summed E-state index contributed by atoms with van der Waals surface area (Å²) in [4.78, 5) is 0. The van der Waals surface area contributed by atoms with Gasteiger partial charge in [0, 0.05) is 16.5 Å². The standard InChI is InChI=1S/C15H13BrClFO/c1-9-2-4-10(5-3-9)6-15(19)11-7-13(17)12(16)8-14(11)18/h2-5,7-8,15,19H,6H2,1H3. The molecule has 2 aromatic carbocycles. The number of aryl methyl sites for hydroxylation is 1. The van der Waals surface area contributed by atoms with Crippen molar-refractivity contribution < 1.29 is 9.50 Å². The van der Waals surface area contributed by atoms with Gasteiger partial charge in [-0.1, -0.05) is 41.4 Å². The first kappa shape index (κ1) is 14.5. The minimum absolute atomic E-state index is 0.216. The number of halogens is 3. The van der Waals surface area contributed by atoms with Crippen molar-refractivity contribution in [2.24, 2.45) is 0 Å². The van der Waals surface area contributed by atoms with Gasteiger partial charge in [0.2, 0.25) is 0 Å². The predicted octanol–water partition coefficient (Wildman–Crippen LogP) is 4.83. The van der Waals surface area contributed by atoms with Crippen LogP contribution in [0.25, 0.3) is 0 Å². The van der Waals surface area contributed by atoms with E-state index in [1.54, 1.807) is 0 Å². The molecule has 0 fully saturated rings. The van der Waals surface area contributed by atoms with Crippen molar-refractivity contribution in [3.8, 4) is 0 Å². The number of hydrogen-bond donors (Lipinski definition) is 1. The Kier molecular flexibility index (Phi) is 4.61. The van der Waals surface area contributed by atoms with Crippen LogP contribution >= 0.6 is 27.5 Å².